The zero-order valence-electron chi connectivity index (χ0n) is 12.1. The Morgan fingerprint density at radius 2 is 2.00 bits per heavy atom. The summed E-state index contributed by atoms with van der Waals surface area (Å²) in [6.45, 7) is 10.8. The van der Waals surface area contributed by atoms with Crippen LogP contribution in [0.25, 0.3) is 0 Å². The number of rotatable bonds is 4. The van der Waals surface area contributed by atoms with E-state index < -0.39 is 0 Å². The predicted molar refractivity (Wildman–Crippen MR) is 74.3 cm³/mol. The fourth-order valence-electron chi connectivity index (χ4n) is 2.39. The third-order valence-electron chi connectivity index (χ3n) is 3.48. The lowest BCUT2D eigenvalue weighted by atomic mass is 10.1. The van der Waals surface area contributed by atoms with Crippen molar-refractivity contribution in [1.82, 2.24) is 9.88 Å². The number of carbonyl (C=O) groups is 1. The Balaban J connectivity index is 2.13. The van der Waals surface area contributed by atoms with Gasteiger partial charge in [0, 0.05) is 28.5 Å². The van der Waals surface area contributed by atoms with Crippen LogP contribution >= 0.6 is 0 Å². The minimum absolute atomic E-state index is 0.0162. The third kappa shape index (κ3) is 2.83. The molecule has 1 saturated carbocycles. The van der Waals surface area contributed by atoms with Crippen molar-refractivity contribution < 1.29 is 4.79 Å². The Morgan fingerprint density at radius 3 is 2.50 bits per heavy atom. The van der Waals surface area contributed by atoms with Crippen molar-refractivity contribution in [3.63, 3.8) is 0 Å². The molecule has 0 saturated heterocycles. The fraction of sp³-hybridized carbons (Fsp3) is 0.667. The van der Waals surface area contributed by atoms with E-state index in [-0.39, 0.29) is 11.3 Å². The molecule has 3 nitrogen and oxygen atoms in total. The van der Waals surface area contributed by atoms with Gasteiger partial charge in [0.1, 0.15) is 0 Å². The molecule has 100 valence electrons. The van der Waals surface area contributed by atoms with Crippen LogP contribution in [-0.4, -0.2) is 22.4 Å². The second-order valence-electron chi connectivity index (χ2n) is 6.41. The number of aryl methyl sites for hydroxylation is 1. The molecule has 0 bridgehead atoms. The zero-order chi connectivity index (χ0) is 13.5. The van der Waals surface area contributed by atoms with Crippen LogP contribution in [0.4, 0.5) is 0 Å². The van der Waals surface area contributed by atoms with Gasteiger partial charge in [-0.25, -0.2) is 0 Å². The van der Waals surface area contributed by atoms with Gasteiger partial charge in [0.15, 0.2) is 5.78 Å². The van der Waals surface area contributed by atoms with Gasteiger partial charge in [-0.15, -0.1) is 0 Å². The highest BCUT2D eigenvalue weighted by Crippen LogP contribution is 2.38. The Bertz CT molecular complexity index is 462. The average molecular weight is 248 g/mol. The fourth-order valence-corrected chi connectivity index (χ4v) is 2.39. The summed E-state index contributed by atoms with van der Waals surface area (Å²) in [6, 6.07) is 2.68. The summed E-state index contributed by atoms with van der Waals surface area (Å²) in [5.74, 6) is 0.199. The molecule has 1 aromatic heterocycles. The molecule has 1 aliphatic rings. The second kappa shape index (κ2) is 4.54. The van der Waals surface area contributed by atoms with Crippen LogP contribution in [-0.2, 0) is 0 Å². The number of hydrogen-bond acceptors (Lipinski definition) is 2. The zero-order valence-corrected chi connectivity index (χ0v) is 12.1. The van der Waals surface area contributed by atoms with Gasteiger partial charge >= 0.3 is 0 Å². The lowest BCUT2D eigenvalue weighted by Gasteiger charge is -2.19. The van der Waals surface area contributed by atoms with Crippen molar-refractivity contribution >= 4 is 5.78 Å². The van der Waals surface area contributed by atoms with Gasteiger partial charge in [0.05, 0.1) is 6.54 Å². The molecule has 1 fully saturated rings. The second-order valence-corrected chi connectivity index (χ2v) is 6.41. The van der Waals surface area contributed by atoms with Gasteiger partial charge in [0.2, 0.25) is 0 Å². The standard InChI is InChI=1S/C15H24N2O/c1-10-8-13(11(2)17(10)12-6-7-12)14(18)9-16-15(3,4)5/h8,12,16H,6-7,9H2,1-5H3. The average Bonchev–Trinajstić information content (AvgIpc) is 3.02. The van der Waals surface area contributed by atoms with E-state index in [0.29, 0.717) is 12.6 Å². The molecule has 0 spiro atoms. The van der Waals surface area contributed by atoms with Crippen LogP contribution in [0, 0.1) is 13.8 Å². The van der Waals surface area contributed by atoms with Crippen molar-refractivity contribution in [1.29, 1.82) is 0 Å². The van der Waals surface area contributed by atoms with Crippen molar-refractivity contribution in [2.45, 2.75) is 59.0 Å². The molecule has 3 heteroatoms. The summed E-state index contributed by atoms with van der Waals surface area (Å²) in [5.41, 5.74) is 3.22. The normalized spacial score (nSPS) is 16.1. The Kier molecular flexibility index (Phi) is 3.37. The summed E-state index contributed by atoms with van der Waals surface area (Å²) >= 11 is 0. The first-order chi connectivity index (χ1) is 8.29. The van der Waals surface area contributed by atoms with Crippen LogP contribution in [0.15, 0.2) is 6.07 Å². The van der Waals surface area contributed by atoms with Crippen LogP contribution in [0.2, 0.25) is 0 Å². The van der Waals surface area contributed by atoms with Crippen LogP contribution in [0.5, 0.6) is 0 Å². The molecular weight excluding hydrogens is 224 g/mol. The Labute approximate surface area is 110 Å². The number of carbonyl (C=O) groups excluding carboxylic acids is 1. The van der Waals surface area contributed by atoms with Gasteiger partial charge in [-0.05, 0) is 53.5 Å². The largest absolute Gasteiger partial charge is 0.345 e. The number of nitrogens with one attached hydrogen (secondary N) is 1. The molecule has 2 rings (SSSR count). The highest BCUT2D eigenvalue weighted by molar-refractivity contribution is 5.99. The first kappa shape index (κ1) is 13.3. The first-order valence-corrected chi connectivity index (χ1v) is 6.76. The van der Waals surface area contributed by atoms with Crippen LogP contribution < -0.4 is 5.32 Å². The van der Waals surface area contributed by atoms with Crippen molar-refractivity contribution in [3.05, 3.63) is 23.0 Å². The molecule has 1 heterocycles. The topological polar surface area (TPSA) is 34.0 Å². The van der Waals surface area contributed by atoms with E-state index >= 15 is 0 Å². The molecule has 0 aliphatic heterocycles. The highest BCUT2D eigenvalue weighted by atomic mass is 16.1. The quantitative estimate of drug-likeness (QED) is 0.831. The summed E-state index contributed by atoms with van der Waals surface area (Å²) < 4.78 is 2.32. The lowest BCUT2D eigenvalue weighted by Crippen LogP contribution is -2.39. The number of nitrogens with zero attached hydrogens (tertiary/aromatic N) is 1. The molecule has 0 atom stereocenters. The number of ketones is 1. The lowest BCUT2D eigenvalue weighted by molar-refractivity contribution is 0.0981. The minimum atomic E-state index is -0.0162. The number of aromatic nitrogens is 1. The minimum Gasteiger partial charge on any atom is -0.345 e. The molecule has 18 heavy (non-hydrogen) atoms. The molecule has 1 N–H and O–H groups in total. The van der Waals surface area contributed by atoms with E-state index in [1.807, 2.05) is 6.07 Å². The first-order valence-electron chi connectivity index (χ1n) is 6.76. The third-order valence-corrected chi connectivity index (χ3v) is 3.48. The molecule has 0 unspecified atom stereocenters. The molecule has 1 aliphatic carbocycles. The molecular formula is C15H24N2O. The Morgan fingerprint density at radius 1 is 1.39 bits per heavy atom. The van der Waals surface area contributed by atoms with E-state index in [4.69, 9.17) is 0 Å². The van der Waals surface area contributed by atoms with Crippen LogP contribution in [0.3, 0.4) is 0 Å². The Hall–Kier alpha value is -1.09. The van der Waals surface area contributed by atoms with Crippen molar-refractivity contribution in [2.75, 3.05) is 6.54 Å². The van der Waals surface area contributed by atoms with Gasteiger partial charge in [0.25, 0.3) is 0 Å². The van der Waals surface area contributed by atoms with E-state index in [2.05, 4.69) is 44.5 Å². The summed E-state index contributed by atoms with van der Waals surface area (Å²) in [4.78, 5) is 12.2. The highest BCUT2D eigenvalue weighted by Gasteiger charge is 2.28. The molecule has 0 amide bonds. The van der Waals surface area contributed by atoms with E-state index in [1.54, 1.807) is 0 Å². The monoisotopic (exact) mass is 248 g/mol. The number of hydrogen-bond donors (Lipinski definition) is 1. The number of Topliss-reactive ketones (excluding diaryl/α,β-unsaturated/α-hetero) is 1. The SMILES string of the molecule is Cc1cc(C(=O)CNC(C)(C)C)c(C)n1C1CC1. The summed E-state index contributed by atoms with van der Waals surface area (Å²) in [6.07, 6.45) is 2.51. The maximum absolute atomic E-state index is 12.2. The van der Waals surface area contributed by atoms with E-state index in [1.165, 1.54) is 18.5 Å². The van der Waals surface area contributed by atoms with Gasteiger partial charge in [-0.1, -0.05) is 0 Å². The predicted octanol–water partition coefficient (Wildman–Crippen LogP) is 3.01. The summed E-state index contributed by atoms with van der Waals surface area (Å²) in [5, 5.41) is 3.26. The maximum Gasteiger partial charge on any atom is 0.178 e. The van der Waals surface area contributed by atoms with Crippen molar-refractivity contribution in [3.8, 4) is 0 Å². The molecule has 0 radical (unpaired) electrons. The van der Waals surface area contributed by atoms with Gasteiger partial charge in [-0.3, -0.25) is 4.79 Å². The summed E-state index contributed by atoms with van der Waals surface area (Å²) in [7, 11) is 0. The van der Waals surface area contributed by atoms with Crippen molar-refractivity contribution in [2.24, 2.45) is 0 Å². The van der Waals surface area contributed by atoms with E-state index in [0.717, 1.165) is 11.3 Å². The molecule has 0 aromatic carbocycles. The molecule has 1 aromatic rings. The smallest absolute Gasteiger partial charge is 0.178 e. The van der Waals surface area contributed by atoms with Crippen LogP contribution in [0.1, 0.15) is 61.4 Å². The van der Waals surface area contributed by atoms with Gasteiger partial charge in [-0.2, -0.15) is 0 Å². The van der Waals surface area contributed by atoms with E-state index in [9.17, 15) is 4.79 Å². The maximum atomic E-state index is 12.2. The van der Waals surface area contributed by atoms with Gasteiger partial charge < -0.3 is 9.88 Å².